The van der Waals surface area contributed by atoms with Crippen LogP contribution < -0.4 is 11.1 Å². The third kappa shape index (κ3) is 3.22. The van der Waals surface area contributed by atoms with Crippen LogP contribution in [-0.4, -0.2) is 15.5 Å². The number of amides is 1. The number of fused-ring (bicyclic) bond motifs is 3. The van der Waals surface area contributed by atoms with Gasteiger partial charge in [-0.05, 0) is 73.2 Å². The van der Waals surface area contributed by atoms with Crippen molar-refractivity contribution in [3.63, 3.8) is 0 Å². The number of hydrogen-bond acceptors (Lipinski definition) is 3. The molecule has 5 heteroatoms. The summed E-state index contributed by atoms with van der Waals surface area (Å²) in [6.45, 7) is 0.594. The van der Waals surface area contributed by atoms with Crippen molar-refractivity contribution in [1.29, 1.82) is 0 Å². The molecule has 5 rings (SSSR count). The van der Waals surface area contributed by atoms with Gasteiger partial charge in [0.05, 0.1) is 11.1 Å². The standard InChI is InChI=1S/C25H24N4O/c26-25(30)21-10-9-18(15-22(21)28-16-17-11-13-27-14-12-17)29-23-7-3-1-5-19(23)20-6-2-4-8-24(20)29/h1,3,5,7,9-15,28H,2,4,6,8,16H2,(H2,26,30). The van der Waals surface area contributed by atoms with E-state index in [1.165, 1.54) is 35.0 Å². The zero-order valence-corrected chi connectivity index (χ0v) is 16.8. The maximum atomic E-state index is 12.0. The van der Waals surface area contributed by atoms with Crippen molar-refractivity contribution < 1.29 is 4.79 Å². The highest BCUT2D eigenvalue weighted by Gasteiger charge is 2.21. The van der Waals surface area contributed by atoms with Crippen molar-refractivity contribution >= 4 is 22.5 Å². The minimum absolute atomic E-state index is 0.432. The van der Waals surface area contributed by atoms with Gasteiger partial charge in [-0.3, -0.25) is 9.78 Å². The molecule has 1 aliphatic carbocycles. The van der Waals surface area contributed by atoms with Crippen LogP contribution in [0.5, 0.6) is 0 Å². The summed E-state index contributed by atoms with van der Waals surface area (Å²) in [6.07, 6.45) is 8.16. The third-order valence-electron chi connectivity index (χ3n) is 5.94. The van der Waals surface area contributed by atoms with Gasteiger partial charge in [0.25, 0.3) is 5.91 Å². The van der Waals surface area contributed by atoms with Crippen LogP contribution in [-0.2, 0) is 19.4 Å². The Balaban J connectivity index is 1.61. The number of aromatic nitrogens is 2. The van der Waals surface area contributed by atoms with Gasteiger partial charge in [-0.2, -0.15) is 0 Å². The number of hydrogen-bond donors (Lipinski definition) is 2. The number of anilines is 1. The van der Waals surface area contributed by atoms with E-state index in [2.05, 4.69) is 39.1 Å². The lowest BCUT2D eigenvalue weighted by Crippen LogP contribution is -2.15. The number of nitrogens with two attached hydrogens (primary N) is 1. The van der Waals surface area contributed by atoms with Gasteiger partial charge in [-0.25, -0.2) is 0 Å². The van der Waals surface area contributed by atoms with E-state index in [1.54, 1.807) is 12.4 Å². The Morgan fingerprint density at radius 3 is 2.67 bits per heavy atom. The molecule has 0 saturated carbocycles. The predicted octanol–water partition coefficient (Wildman–Crippen LogP) is 4.62. The van der Waals surface area contributed by atoms with Crippen molar-refractivity contribution in [3.05, 3.63) is 89.4 Å². The lowest BCUT2D eigenvalue weighted by atomic mass is 9.95. The number of nitrogens with zero attached hydrogens (tertiary/aromatic N) is 2. The number of benzene rings is 2. The molecule has 150 valence electrons. The molecular weight excluding hydrogens is 372 g/mol. The Hall–Kier alpha value is -3.60. The maximum Gasteiger partial charge on any atom is 0.250 e. The van der Waals surface area contributed by atoms with Crippen LogP contribution in [0.3, 0.4) is 0 Å². The van der Waals surface area contributed by atoms with E-state index in [0.717, 1.165) is 29.8 Å². The maximum absolute atomic E-state index is 12.0. The second-order valence-electron chi connectivity index (χ2n) is 7.79. The highest BCUT2D eigenvalue weighted by Crippen LogP contribution is 2.35. The van der Waals surface area contributed by atoms with E-state index in [0.29, 0.717) is 12.1 Å². The van der Waals surface area contributed by atoms with Gasteiger partial charge in [0, 0.05) is 41.4 Å². The number of rotatable bonds is 5. The average molecular weight is 396 g/mol. The predicted molar refractivity (Wildman–Crippen MR) is 120 cm³/mol. The number of pyridine rings is 1. The molecule has 0 radical (unpaired) electrons. The van der Waals surface area contributed by atoms with Gasteiger partial charge in [-0.15, -0.1) is 0 Å². The van der Waals surface area contributed by atoms with Crippen molar-refractivity contribution in [2.45, 2.75) is 32.2 Å². The average Bonchev–Trinajstić information content (AvgIpc) is 3.12. The van der Waals surface area contributed by atoms with Crippen LogP contribution in [0, 0.1) is 0 Å². The Morgan fingerprint density at radius 2 is 1.83 bits per heavy atom. The third-order valence-corrected chi connectivity index (χ3v) is 5.94. The number of carbonyl (C=O) groups excluding carboxylic acids is 1. The van der Waals surface area contributed by atoms with E-state index in [4.69, 9.17) is 5.73 Å². The number of para-hydroxylation sites is 1. The normalized spacial score (nSPS) is 13.2. The van der Waals surface area contributed by atoms with E-state index >= 15 is 0 Å². The zero-order valence-electron chi connectivity index (χ0n) is 16.8. The first-order chi connectivity index (χ1) is 14.7. The van der Waals surface area contributed by atoms with Crippen LogP contribution in [0.1, 0.15) is 40.0 Å². The van der Waals surface area contributed by atoms with Crippen molar-refractivity contribution in [1.82, 2.24) is 9.55 Å². The fraction of sp³-hybridized carbons (Fsp3) is 0.200. The molecule has 2 aromatic carbocycles. The first-order valence-electron chi connectivity index (χ1n) is 10.4. The molecule has 30 heavy (non-hydrogen) atoms. The fourth-order valence-electron chi connectivity index (χ4n) is 4.52. The Kier molecular flexibility index (Phi) is 4.71. The van der Waals surface area contributed by atoms with Crippen LogP contribution in [0.15, 0.2) is 67.0 Å². The second-order valence-corrected chi connectivity index (χ2v) is 7.79. The zero-order chi connectivity index (χ0) is 20.5. The smallest absolute Gasteiger partial charge is 0.250 e. The molecule has 4 aromatic rings. The first-order valence-corrected chi connectivity index (χ1v) is 10.4. The van der Waals surface area contributed by atoms with E-state index in [9.17, 15) is 4.79 Å². The highest BCUT2D eigenvalue weighted by atomic mass is 16.1. The quantitative estimate of drug-likeness (QED) is 0.517. The van der Waals surface area contributed by atoms with Crippen LogP contribution in [0.2, 0.25) is 0 Å². The molecule has 5 nitrogen and oxygen atoms in total. The minimum Gasteiger partial charge on any atom is -0.380 e. The molecule has 0 spiro atoms. The van der Waals surface area contributed by atoms with Gasteiger partial charge >= 0.3 is 0 Å². The minimum atomic E-state index is -0.432. The van der Waals surface area contributed by atoms with Crippen LogP contribution in [0.25, 0.3) is 16.6 Å². The molecule has 0 bridgehead atoms. The van der Waals surface area contributed by atoms with E-state index < -0.39 is 5.91 Å². The van der Waals surface area contributed by atoms with Crippen LogP contribution >= 0.6 is 0 Å². The summed E-state index contributed by atoms with van der Waals surface area (Å²) in [5.74, 6) is -0.432. The monoisotopic (exact) mass is 396 g/mol. The van der Waals surface area contributed by atoms with Gasteiger partial charge < -0.3 is 15.6 Å². The van der Waals surface area contributed by atoms with Crippen molar-refractivity contribution in [2.75, 3.05) is 5.32 Å². The lowest BCUT2D eigenvalue weighted by molar-refractivity contribution is 0.100. The first kappa shape index (κ1) is 18.4. The van der Waals surface area contributed by atoms with Gasteiger partial charge in [0.2, 0.25) is 0 Å². The van der Waals surface area contributed by atoms with Crippen LogP contribution in [0.4, 0.5) is 5.69 Å². The summed E-state index contributed by atoms with van der Waals surface area (Å²) < 4.78 is 2.35. The lowest BCUT2D eigenvalue weighted by Gasteiger charge is -2.18. The summed E-state index contributed by atoms with van der Waals surface area (Å²) >= 11 is 0. The molecular formula is C25H24N4O. The summed E-state index contributed by atoms with van der Waals surface area (Å²) in [6, 6.07) is 18.4. The van der Waals surface area contributed by atoms with Gasteiger partial charge in [0.15, 0.2) is 0 Å². The summed E-state index contributed by atoms with van der Waals surface area (Å²) in [5, 5.41) is 4.73. The molecule has 0 unspecified atom stereocenters. The van der Waals surface area contributed by atoms with Gasteiger partial charge in [0.1, 0.15) is 0 Å². The van der Waals surface area contributed by atoms with E-state index in [1.807, 2.05) is 30.3 Å². The molecule has 0 fully saturated rings. The summed E-state index contributed by atoms with van der Waals surface area (Å²) in [5.41, 5.74) is 13.1. The molecule has 2 aromatic heterocycles. The van der Waals surface area contributed by atoms with E-state index in [-0.39, 0.29) is 0 Å². The number of carbonyl (C=O) groups is 1. The summed E-state index contributed by atoms with van der Waals surface area (Å²) in [4.78, 5) is 16.1. The molecule has 0 aliphatic heterocycles. The molecule has 0 saturated heterocycles. The second kappa shape index (κ2) is 7.67. The number of nitrogens with one attached hydrogen (secondary N) is 1. The molecule has 1 amide bonds. The largest absolute Gasteiger partial charge is 0.380 e. The molecule has 1 aliphatic rings. The van der Waals surface area contributed by atoms with Gasteiger partial charge in [-0.1, -0.05) is 18.2 Å². The van der Waals surface area contributed by atoms with Crippen molar-refractivity contribution in [3.8, 4) is 5.69 Å². The Morgan fingerprint density at radius 1 is 1.03 bits per heavy atom. The Labute approximate surface area is 175 Å². The number of aryl methyl sites for hydroxylation is 1. The SMILES string of the molecule is NC(=O)c1ccc(-n2c3c(c4ccccc42)CCCC3)cc1NCc1ccncc1. The Bertz CT molecular complexity index is 1230. The van der Waals surface area contributed by atoms with Crippen molar-refractivity contribution in [2.24, 2.45) is 5.73 Å². The molecule has 3 N–H and O–H groups in total. The molecule has 0 atom stereocenters. The fourth-order valence-corrected chi connectivity index (χ4v) is 4.52. The topological polar surface area (TPSA) is 72.9 Å². The summed E-state index contributed by atoms with van der Waals surface area (Å²) in [7, 11) is 0. The molecule has 2 heterocycles. The highest BCUT2D eigenvalue weighted by molar-refractivity contribution is 5.99. The number of primary amides is 1.